The number of benzene rings is 2. The van der Waals surface area contributed by atoms with Gasteiger partial charge in [-0.25, -0.2) is 4.68 Å². The Labute approximate surface area is 213 Å². The third-order valence-electron chi connectivity index (χ3n) is 5.72. The second kappa shape index (κ2) is 12.2. The van der Waals surface area contributed by atoms with E-state index in [1.54, 1.807) is 59.5 Å². The van der Waals surface area contributed by atoms with Crippen molar-refractivity contribution in [2.45, 2.75) is 38.6 Å². The van der Waals surface area contributed by atoms with Crippen molar-refractivity contribution in [3.05, 3.63) is 71.2 Å². The standard InChI is InChI=1S/C25H27ClN6O4/c26-18-6-10-20(11-7-18)32-16-22(33)23(25(32)35)24(34)28-19-8-12-21(13-9-19)36-15-5-3-1-2-4-14-31-17-27-29-30-31/h6-13,17,33H,1-5,14-16H2,(H,28,34). The number of halogens is 1. The van der Waals surface area contributed by atoms with E-state index in [0.29, 0.717) is 28.8 Å². The summed E-state index contributed by atoms with van der Waals surface area (Å²) in [5, 5.41) is 24.5. The summed E-state index contributed by atoms with van der Waals surface area (Å²) in [5.74, 6) is -0.812. The number of carbonyl (C=O) groups is 2. The predicted molar refractivity (Wildman–Crippen MR) is 135 cm³/mol. The monoisotopic (exact) mass is 510 g/mol. The first-order valence-electron chi connectivity index (χ1n) is 11.8. The van der Waals surface area contributed by atoms with E-state index < -0.39 is 11.8 Å². The number of aliphatic hydroxyl groups excluding tert-OH is 1. The molecule has 188 valence electrons. The van der Waals surface area contributed by atoms with Crippen molar-refractivity contribution in [2.75, 3.05) is 23.4 Å². The molecule has 4 rings (SSSR count). The topological polar surface area (TPSA) is 122 Å². The van der Waals surface area contributed by atoms with Crippen LogP contribution in [-0.2, 0) is 16.1 Å². The van der Waals surface area contributed by atoms with Gasteiger partial charge in [0.1, 0.15) is 23.4 Å². The smallest absolute Gasteiger partial charge is 0.267 e. The van der Waals surface area contributed by atoms with Crippen molar-refractivity contribution in [1.82, 2.24) is 20.2 Å². The lowest BCUT2D eigenvalue weighted by atomic mass is 10.1. The molecule has 0 atom stereocenters. The molecule has 0 bridgehead atoms. The summed E-state index contributed by atoms with van der Waals surface area (Å²) in [7, 11) is 0. The van der Waals surface area contributed by atoms with E-state index in [1.165, 1.54) is 4.90 Å². The van der Waals surface area contributed by atoms with E-state index in [9.17, 15) is 14.7 Å². The van der Waals surface area contributed by atoms with Gasteiger partial charge in [0.05, 0.1) is 13.2 Å². The highest BCUT2D eigenvalue weighted by Crippen LogP contribution is 2.27. The van der Waals surface area contributed by atoms with Crippen LogP contribution in [0.2, 0.25) is 5.02 Å². The van der Waals surface area contributed by atoms with Crippen molar-refractivity contribution in [2.24, 2.45) is 0 Å². The zero-order valence-electron chi connectivity index (χ0n) is 19.6. The Morgan fingerprint density at radius 1 is 1.03 bits per heavy atom. The SMILES string of the molecule is O=C(Nc1ccc(OCCCCCCCn2cnnn2)cc1)C1=C(O)CN(c2ccc(Cl)cc2)C1=O. The Kier molecular flexibility index (Phi) is 8.51. The fraction of sp³-hybridized carbons (Fsp3) is 0.320. The number of nitrogens with zero attached hydrogens (tertiary/aromatic N) is 5. The highest BCUT2D eigenvalue weighted by atomic mass is 35.5. The van der Waals surface area contributed by atoms with Crippen LogP contribution in [0.1, 0.15) is 32.1 Å². The molecule has 1 aromatic heterocycles. The zero-order chi connectivity index (χ0) is 25.3. The van der Waals surface area contributed by atoms with Crippen molar-refractivity contribution >= 4 is 34.8 Å². The minimum absolute atomic E-state index is 0.0741. The van der Waals surface area contributed by atoms with Gasteiger partial charge in [0.15, 0.2) is 0 Å². The van der Waals surface area contributed by atoms with Crippen LogP contribution in [-0.4, -0.2) is 50.3 Å². The van der Waals surface area contributed by atoms with Crippen molar-refractivity contribution in [1.29, 1.82) is 0 Å². The molecule has 2 amide bonds. The summed E-state index contributed by atoms with van der Waals surface area (Å²) < 4.78 is 7.51. The quantitative estimate of drug-likeness (QED) is 0.277. The van der Waals surface area contributed by atoms with Crippen LogP contribution in [0.4, 0.5) is 11.4 Å². The average Bonchev–Trinajstić information content (AvgIpc) is 3.49. The molecule has 36 heavy (non-hydrogen) atoms. The van der Waals surface area contributed by atoms with Gasteiger partial charge in [-0.15, -0.1) is 5.10 Å². The van der Waals surface area contributed by atoms with Crippen LogP contribution in [0.5, 0.6) is 5.75 Å². The molecule has 0 radical (unpaired) electrons. The number of nitrogens with one attached hydrogen (secondary N) is 1. The maximum Gasteiger partial charge on any atom is 0.267 e. The van der Waals surface area contributed by atoms with Crippen LogP contribution in [0.25, 0.3) is 0 Å². The highest BCUT2D eigenvalue weighted by molar-refractivity contribution is 6.31. The van der Waals surface area contributed by atoms with Gasteiger partial charge < -0.3 is 20.1 Å². The molecular formula is C25H27ClN6O4. The molecule has 3 aromatic rings. The van der Waals surface area contributed by atoms with Crippen LogP contribution in [0.3, 0.4) is 0 Å². The number of rotatable bonds is 12. The molecule has 0 unspecified atom stereocenters. The molecule has 11 heteroatoms. The molecule has 0 saturated heterocycles. The van der Waals surface area contributed by atoms with Crippen LogP contribution in [0.15, 0.2) is 66.2 Å². The summed E-state index contributed by atoms with van der Waals surface area (Å²) in [6, 6.07) is 13.5. The van der Waals surface area contributed by atoms with Gasteiger partial charge in [-0.1, -0.05) is 30.9 Å². The lowest BCUT2D eigenvalue weighted by Crippen LogP contribution is -2.30. The number of aromatic nitrogens is 4. The van der Waals surface area contributed by atoms with Crippen molar-refractivity contribution < 1.29 is 19.4 Å². The number of carbonyl (C=O) groups excluding carboxylic acids is 2. The third-order valence-corrected chi connectivity index (χ3v) is 5.98. The normalized spacial score (nSPS) is 13.4. The molecule has 10 nitrogen and oxygen atoms in total. The minimum Gasteiger partial charge on any atom is -0.509 e. The number of amides is 2. The third kappa shape index (κ3) is 6.60. The molecule has 0 saturated carbocycles. The maximum atomic E-state index is 12.8. The molecule has 0 aliphatic carbocycles. The van der Waals surface area contributed by atoms with E-state index in [-0.39, 0.29) is 17.9 Å². The fourth-order valence-corrected chi connectivity index (χ4v) is 3.95. The Morgan fingerprint density at radius 2 is 1.75 bits per heavy atom. The molecule has 0 spiro atoms. The average molecular weight is 511 g/mol. The lowest BCUT2D eigenvalue weighted by Gasteiger charge is -2.16. The first-order valence-corrected chi connectivity index (χ1v) is 12.1. The van der Waals surface area contributed by atoms with E-state index in [4.69, 9.17) is 16.3 Å². The number of anilines is 2. The zero-order valence-corrected chi connectivity index (χ0v) is 20.4. The molecule has 1 aliphatic heterocycles. The predicted octanol–water partition coefficient (Wildman–Crippen LogP) is 4.15. The van der Waals surface area contributed by atoms with E-state index >= 15 is 0 Å². The van der Waals surface area contributed by atoms with E-state index in [1.807, 2.05) is 0 Å². The summed E-state index contributed by atoms with van der Waals surface area (Å²) in [6.45, 7) is 1.36. The first-order chi connectivity index (χ1) is 17.5. The van der Waals surface area contributed by atoms with E-state index in [0.717, 1.165) is 38.6 Å². The largest absolute Gasteiger partial charge is 0.509 e. The molecule has 1 aliphatic rings. The first kappa shape index (κ1) is 25.2. The Bertz CT molecular complexity index is 1200. The fourth-order valence-electron chi connectivity index (χ4n) is 3.82. The molecule has 2 heterocycles. The summed E-state index contributed by atoms with van der Waals surface area (Å²) >= 11 is 5.90. The summed E-state index contributed by atoms with van der Waals surface area (Å²) in [6.07, 6.45) is 6.91. The Hall–Kier alpha value is -3.92. The number of hydrogen-bond acceptors (Lipinski definition) is 7. The van der Waals surface area contributed by atoms with Gasteiger partial charge in [0.2, 0.25) is 0 Å². The second-order valence-electron chi connectivity index (χ2n) is 8.36. The van der Waals surface area contributed by atoms with Gasteiger partial charge in [0, 0.05) is 22.9 Å². The van der Waals surface area contributed by atoms with Crippen molar-refractivity contribution in [3.8, 4) is 5.75 Å². The Morgan fingerprint density at radius 3 is 2.47 bits per heavy atom. The number of aryl methyl sites for hydroxylation is 1. The molecule has 0 fully saturated rings. The van der Waals surface area contributed by atoms with Crippen molar-refractivity contribution in [3.63, 3.8) is 0 Å². The number of unbranched alkanes of at least 4 members (excludes halogenated alkanes) is 4. The number of aliphatic hydroxyl groups is 1. The summed E-state index contributed by atoms with van der Waals surface area (Å²) in [4.78, 5) is 26.8. The van der Waals surface area contributed by atoms with Gasteiger partial charge >= 0.3 is 0 Å². The number of tetrazole rings is 1. The number of hydrogen-bond donors (Lipinski definition) is 2. The summed E-state index contributed by atoms with van der Waals surface area (Å²) in [5.41, 5.74) is 0.765. The molecule has 2 N–H and O–H groups in total. The highest BCUT2D eigenvalue weighted by Gasteiger charge is 2.36. The van der Waals surface area contributed by atoms with Crippen LogP contribution < -0.4 is 15.0 Å². The Balaban J connectivity index is 1.17. The maximum absolute atomic E-state index is 12.8. The van der Waals surface area contributed by atoms with Crippen LogP contribution in [0, 0.1) is 0 Å². The lowest BCUT2D eigenvalue weighted by molar-refractivity contribution is -0.119. The number of ether oxygens (including phenoxy) is 1. The van der Waals surface area contributed by atoms with Gasteiger partial charge in [-0.2, -0.15) is 0 Å². The minimum atomic E-state index is -0.664. The van der Waals surface area contributed by atoms with Gasteiger partial charge in [-0.05, 0) is 71.8 Å². The second-order valence-corrected chi connectivity index (χ2v) is 8.79. The van der Waals surface area contributed by atoms with Crippen LogP contribution >= 0.6 is 11.6 Å². The van der Waals surface area contributed by atoms with E-state index in [2.05, 4.69) is 20.8 Å². The van der Waals surface area contributed by atoms with Gasteiger partial charge in [-0.3, -0.25) is 9.59 Å². The molecular weight excluding hydrogens is 484 g/mol. The van der Waals surface area contributed by atoms with Gasteiger partial charge in [0.25, 0.3) is 11.8 Å². The molecule has 2 aromatic carbocycles.